The number of benzene rings is 1. The van der Waals surface area contributed by atoms with Crippen LogP contribution in [0.5, 0.6) is 0 Å². The van der Waals surface area contributed by atoms with Gasteiger partial charge in [0.05, 0.1) is 23.5 Å². The molecule has 39 heavy (non-hydrogen) atoms. The summed E-state index contributed by atoms with van der Waals surface area (Å²) in [5.41, 5.74) is 6.83. The van der Waals surface area contributed by atoms with Crippen molar-refractivity contribution in [3.8, 4) is 0 Å². The Kier molecular flexibility index (Phi) is 6.22. The van der Waals surface area contributed by atoms with E-state index in [0.717, 1.165) is 62.2 Å². The molecule has 0 bridgehead atoms. The highest BCUT2D eigenvalue weighted by Crippen LogP contribution is 2.31. The summed E-state index contributed by atoms with van der Waals surface area (Å²) in [7, 11) is 0. The minimum absolute atomic E-state index is 0.0936. The van der Waals surface area contributed by atoms with Gasteiger partial charge in [-0.3, -0.25) is 39.1 Å². The number of nitrogens with zero attached hydrogens (tertiary/aromatic N) is 6. The van der Waals surface area contributed by atoms with Gasteiger partial charge in [-0.25, -0.2) is 9.97 Å². The van der Waals surface area contributed by atoms with E-state index in [1.807, 2.05) is 6.07 Å². The number of aromatic nitrogens is 2. The van der Waals surface area contributed by atoms with E-state index < -0.39 is 35.6 Å². The molecule has 202 valence electrons. The van der Waals surface area contributed by atoms with Gasteiger partial charge in [-0.15, -0.1) is 0 Å². The van der Waals surface area contributed by atoms with Crippen molar-refractivity contribution in [3.63, 3.8) is 0 Å². The fraction of sp³-hybridized carbons (Fsp3) is 0.423. The second-order valence-electron chi connectivity index (χ2n) is 10.4. The summed E-state index contributed by atoms with van der Waals surface area (Å²) in [4.78, 5) is 77.1. The third kappa shape index (κ3) is 4.58. The van der Waals surface area contributed by atoms with Gasteiger partial charge in [0.2, 0.25) is 11.8 Å². The lowest BCUT2D eigenvalue weighted by atomic mass is 9.99. The Morgan fingerprint density at radius 2 is 1.69 bits per heavy atom. The van der Waals surface area contributed by atoms with Crippen molar-refractivity contribution < 1.29 is 24.0 Å². The molecule has 0 saturated carbocycles. The first-order valence-corrected chi connectivity index (χ1v) is 13.0. The van der Waals surface area contributed by atoms with Gasteiger partial charge < -0.3 is 15.5 Å². The first kappa shape index (κ1) is 24.9. The van der Waals surface area contributed by atoms with Crippen LogP contribution in [0.4, 0.5) is 11.5 Å². The number of anilines is 2. The van der Waals surface area contributed by atoms with Crippen LogP contribution in [0, 0.1) is 5.92 Å². The van der Waals surface area contributed by atoms with E-state index in [1.165, 1.54) is 6.20 Å². The zero-order valence-electron chi connectivity index (χ0n) is 21.2. The lowest BCUT2D eigenvalue weighted by Crippen LogP contribution is -2.55. The van der Waals surface area contributed by atoms with E-state index in [2.05, 4.69) is 30.0 Å². The molecule has 5 amide bonds. The molecule has 1 atom stereocenters. The number of piperazine rings is 1. The highest BCUT2D eigenvalue weighted by atomic mass is 16.2. The summed E-state index contributed by atoms with van der Waals surface area (Å²) >= 11 is 0. The first-order valence-electron chi connectivity index (χ1n) is 13.0. The Bertz CT molecular complexity index is 1360. The number of piperidine rings is 1. The van der Waals surface area contributed by atoms with E-state index in [-0.39, 0.29) is 24.1 Å². The number of amides is 5. The fourth-order valence-electron chi connectivity index (χ4n) is 5.69. The maximum Gasteiger partial charge on any atom is 0.268 e. The van der Waals surface area contributed by atoms with Gasteiger partial charge in [0.15, 0.2) is 0 Å². The van der Waals surface area contributed by atoms with Crippen LogP contribution in [-0.4, -0.2) is 101 Å². The SMILES string of the molecule is NC(=O)c1cnc(N2CC(CN3CCN(c4ccc5c(c4)C(=O)N(C4CCC(=O)NC4=O)C5=O)CC3)C2)cn1. The Morgan fingerprint density at radius 3 is 2.36 bits per heavy atom. The summed E-state index contributed by atoms with van der Waals surface area (Å²) < 4.78 is 0. The average Bonchev–Trinajstić information content (AvgIpc) is 3.15. The molecule has 3 fully saturated rings. The summed E-state index contributed by atoms with van der Waals surface area (Å²) in [6.07, 6.45) is 3.21. The lowest BCUT2D eigenvalue weighted by molar-refractivity contribution is -0.136. The minimum atomic E-state index is -0.967. The number of hydrogen-bond acceptors (Lipinski definition) is 10. The summed E-state index contributed by atoms with van der Waals surface area (Å²) in [6, 6.07) is 4.28. The van der Waals surface area contributed by atoms with Crippen LogP contribution in [0.25, 0.3) is 0 Å². The van der Waals surface area contributed by atoms with E-state index in [1.54, 1.807) is 18.3 Å². The Balaban J connectivity index is 1.02. The second-order valence-corrected chi connectivity index (χ2v) is 10.4. The topological polar surface area (TPSA) is 162 Å². The number of fused-ring (bicyclic) bond motifs is 1. The summed E-state index contributed by atoms with van der Waals surface area (Å²) in [5, 5.41) is 2.22. The van der Waals surface area contributed by atoms with Gasteiger partial charge in [0.25, 0.3) is 17.7 Å². The smallest absolute Gasteiger partial charge is 0.268 e. The standard InChI is InChI=1S/C26H28N8O5/c27-23(36)19-10-29-21(11-28-19)33-13-15(14-33)12-31-5-7-32(8-6-31)16-1-2-17-18(9-16)26(39)34(25(17)38)20-3-4-22(35)30-24(20)37/h1-2,9-11,15,20H,3-8,12-14H2,(H2,27,36)(H,30,35,37). The van der Waals surface area contributed by atoms with Crippen LogP contribution in [0.15, 0.2) is 30.6 Å². The molecular formula is C26H28N8O5. The van der Waals surface area contributed by atoms with Gasteiger partial charge >= 0.3 is 0 Å². The van der Waals surface area contributed by atoms with E-state index in [0.29, 0.717) is 11.5 Å². The van der Waals surface area contributed by atoms with Crippen molar-refractivity contribution in [2.75, 3.05) is 55.6 Å². The molecule has 5 heterocycles. The maximum absolute atomic E-state index is 13.1. The number of nitrogens with two attached hydrogens (primary N) is 1. The molecular weight excluding hydrogens is 504 g/mol. The number of imide groups is 2. The fourth-order valence-corrected chi connectivity index (χ4v) is 5.69. The predicted octanol–water partition coefficient (Wildman–Crippen LogP) is -0.765. The number of nitrogens with one attached hydrogen (secondary N) is 1. The van der Waals surface area contributed by atoms with Crippen LogP contribution in [-0.2, 0) is 9.59 Å². The molecule has 3 N–H and O–H groups in total. The van der Waals surface area contributed by atoms with Crippen molar-refractivity contribution in [3.05, 3.63) is 47.4 Å². The van der Waals surface area contributed by atoms with Gasteiger partial charge in [0, 0.05) is 63.8 Å². The quantitative estimate of drug-likeness (QED) is 0.452. The first-order chi connectivity index (χ1) is 18.8. The zero-order valence-corrected chi connectivity index (χ0v) is 21.2. The monoisotopic (exact) mass is 532 g/mol. The second kappa shape index (κ2) is 9.73. The number of rotatable bonds is 6. The molecule has 0 aliphatic carbocycles. The van der Waals surface area contributed by atoms with E-state index in [9.17, 15) is 24.0 Å². The lowest BCUT2D eigenvalue weighted by Gasteiger charge is -2.44. The summed E-state index contributed by atoms with van der Waals surface area (Å²) in [6.45, 7) is 6.02. The van der Waals surface area contributed by atoms with Crippen LogP contribution in [0.2, 0.25) is 0 Å². The zero-order chi connectivity index (χ0) is 27.3. The molecule has 1 aromatic carbocycles. The largest absolute Gasteiger partial charge is 0.369 e. The van der Waals surface area contributed by atoms with Gasteiger partial charge in [-0.05, 0) is 24.6 Å². The number of primary amides is 1. The molecule has 13 heteroatoms. The van der Waals surface area contributed by atoms with Crippen molar-refractivity contribution in [2.24, 2.45) is 11.7 Å². The molecule has 1 aromatic heterocycles. The normalized spacial score (nSPS) is 22.2. The molecule has 4 aliphatic rings. The van der Waals surface area contributed by atoms with Crippen LogP contribution in [0.1, 0.15) is 44.0 Å². The van der Waals surface area contributed by atoms with Gasteiger partial charge in [0.1, 0.15) is 17.6 Å². The maximum atomic E-state index is 13.1. The highest BCUT2D eigenvalue weighted by molar-refractivity contribution is 6.23. The number of carbonyl (C=O) groups excluding carboxylic acids is 5. The third-order valence-electron chi connectivity index (χ3n) is 7.85. The Hall–Kier alpha value is -4.39. The van der Waals surface area contributed by atoms with E-state index >= 15 is 0 Å². The highest BCUT2D eigenvalue weighted by Gasteiger charge is 2.44. The van der Waals surface area contributed by atoms with E-state index in [4.69, 9.17) is 5.73 Å². The third-order valence-corrected chi connectivity index (χ3v) is 7.85. The van der Waals surface area contributed by atoms with Gasteiger partial charge in [-0.1, -0.05) is 0 Å². The average molecular weight is 533 g/mol. The van der Waals surface area contributed by atoms with Crippen molar-refractivity contribution in [1.82, 2.24) is 25.1 Å². The predicted molar refractivity (Wildman–Crippen MR) is 138 cm³/mol. The minimum Gasteiger partial charge on any atom is -0.369 e. The van der Waals surface area contributed by atoms with Crippen molar-refractivity contribution in [1.29, 1.82) is 0 Å². The Labute approximate surface area is 223 Å². The van der Waals surface area contributed by atoms with Crippen LogP contribution >= 0.6 is 0 Å². The molecule has 13 nitrogen and oxygen atoms in total. The molecule has 2 aromatic rings. The van der Waals surface area contributed by atoms with Gasteiger partial charge in [-0.2, -0.15) is 0 Å². The molecule has 1 unspecified atom stereocenters. The molecule has 6 rings (SSSR count). The van der Waals surface area contributed by atoms with Crippen molar-refractivity contribution in [2.45, 2.75) is 18.9 Å². The molecule has 3 saturated heterocycles. The molecule has 0 radical (unpaired) electrons. The van der Waals surface area contributed by atoms with Crippen LogP contribution < -0.4 is 20.9 Å². The Morgan fingerprint density at radius 1 is 0.949 bits per heavy atom. The van der Waals surface area contributed by atoms with Crippen molar-refractivity contribution >= 4 is 41.0 Å². The summed E-state index contributed by atoms with van der Waals surface area (Å²) in [5.74, 6) is -1.34. The number of carbonyl (C=O) groups is 5. The molecule has 0 spiro atoms. The molecule has 4 aliphatic heterocycles. The van der Waals surface area contributed by atoms with Crippen LogP contribution in [0.3, 0.4) is 0 Å². The number of hydrogen-bond donors (Lipinski definition) is 2.